The van der Waals surface area contributed by atoms with Crippen molar-refractivity contribution in [2.45, 2.75) is 59.0 Å². The molecule has 0 radical (unpaired) electrons. The largest absolute Gasteiger partial charge is 0.389 e. The van der Waals surface area contributed by atoms with Crippen LogP contribution >= 0.6 is 0 Å². The molecule has 0 bridgehead atoms. The Kier molecular flexibility index (Phi) is 2.11. The Labute approximate surface area is 99.6 Å². The molecule has 0 aromatic heterocycles. The lowest BCUT2D eigenvalue weighted by molar-refractivity contribution is -0.0624. The molecule has 0 unspecified atom stereocenters. The van der Waals surface area contributed by atoms with Gasteiger partial charge in [-0.25, -0.2) is 0 Å². The fraction of sp³-hybridized carbons (Fsp3) is 1.00. The van der Waals surface area contributed by atoms with E-state index in [1.807, 2.05) is 0 Å². The molecule has 0 amide bonds. The lowest BCUT2D eigenvalue weighted by Crippen LogP contribution is -2.42. The molecule has 3 aliphatic rings. The molecule has 0 saturated heterocycles. The van der Waals surface area contributed by atoms with Gasteiger partial charge in [-0.2, -0.15) is 0 Å². The molecular weight excluding hydrogens is 196 g/mol. The summed E-state index contributed by atoms with van der Waals surface area (Å²) < 4.78 is 0. The predicted octanol–water partition coefficient (Wildman–Crippen LogP) is 3.47. The van der Waals surface area contributed by atoms with Crippen molar-refractivity contribution in [1.29, 1.82) is 0 Å². The van der Waals surface area contributed by atoms with Gasteiger partial charge in [0.2, 0.25) is 0 Å². The van der Waals surface area contributed by atoms with Gasteiger partial charge in [-0.15, -0.1) is 0 Å². The van der Waals surface area contributed by atoms with Crippen LogP contribution in [0.2, 0.25) is 0 Å². The molecule has 3 rings (SSSR count). The second kappa shape index (κ2) is 3.04. The van der Waals surface area contributed by atoms with Crippen molar-refractivity contribution in [1.82, 2.24) is 0 Å². The maximum absolute atomic E-state index is 11.1. The van der Waals surface area contributed by atoms with E-state index in [0.29, 0.717) is 17.3 Å². The lowest BCUT2D eigenvalue weighted by atomic mass is 9.73. The first-order valence-corrected chi connectivity index (χ1v) is 7.11. The number of hydrogen-bond donors (Lipinski definition) is 1. The predicted molar refractivity (Wildman–Crippen MR) is 66.0 cm³/mol. The van der Waals surface area contributed by atoms with Gasteiger partial charge in [0.05, 0.1) is 5.60 Å². The monoisotopic (exact) mass is 222 g/mol. The zero-order valence-electron chi connectivity index (χ0n) is 11.2. The van der Waals surface area contributed by atoms with Crippen molar-refractivity contribution < 1.29 is 5.11 Å². The van der Waals surface area contributed by atoms with E-state index >= 15 is 0 Å². The van der Waals surface area contributed by atoms with E-state index in [4.69, 9.17) is 0 Å². The Hall–Kier alpha value is -0.0400. The highest BCUT2D eigenvalue weighted by molar-refractivity contribution is 5.17. The number of hydrogen-bond acceptors (Lipinski definition) is 1. The molecule has 0 aromatic rings. The molecule has 3 saturated carbocycles. The molecule has 1 nitrogen and oxygen atoms in total. The van der Waals surface area contributed by atoms with Crippen molar-refractivity contribution >= 4 is 0 Å². The lowest BCUT2D eigenvalue weighted by Gasteiger charge is -2.37. The van der Waals surface area contributed by atoms with Crippen LogP contribution in [0.4, 0.5) is 0 Å². The normalized spacial score (nSPS) is 58.7. The molecule has 0 heterocycles. The number of rotatable bonds is 0. The first kappa shape index (κ1) is 11.1. The van der Waals surface area contributed by atoms with E-state index < -0.39 is 0 Å². The summed E-state index contributed by atoms with van der Waals surface area (Å²) in [7, 11) is 0. The summed E-state index contributed by atoms with van der Waals surface area (Å²) in [6.07, 6.45) is 4.89. The van der Waals surface area contributed by atoms with Crippen molar-refractivity contribution in [3.05, 3.63) is 0 Å². The Morgan fingerprint density at radius 1 is 1.00 bits per heavy atom. The number of fused-ring (bicyclic) bond motifs is 3. The molecule has 3 fully saturated rings. The van der Waals surface area contributed by atoms with Gasteiger partial charge in [-0.05, 0) is 60.7 Å². The molecular formula is C15H26O. The van der Waals surface area contributed by atoms with Crippen molar-refractivity contribution in [2.75, 3.05) is 0 Å². The minimum Gasteiger partial charge on any atom is -0.389 e. The van der Waals surface area contributed by atoms with Crippen LogP contribution < -0.4 is 0 Å². The van der Waals surface area contributed by atoms with Gasteiger partial charge in [0.1, 0.15) is 0 Å². The third kappa shape index (κ3) is 1.16. The Balaban J connectivity index is 1.98. The molecule has 1 N–H and O–H groups in total. The van der Waals surface area contributed by atoms with Crippen LogP contribution in [0, 0.1) is 35.0 Å². The van der Waals surface area contributed by atoms with Crippen LogP contribution in [0.1, 0.15) is 53.4 Å². The van der Waals surface area contributed by atoms with Crippen LogP contribution in [0.15, 0.2) is 0 Å². The molecule has 92 valence electrons. The molecule has 0 aromatic carbocycles. The smallest absolute Gasteiger partial charge is 0.0706 e. The third-order valence-corrected chi connectivity index (χ3v) is 6.48. The number of aliphatic hydroxyl groups is 1. The zero-order chi connectivity index (χ0) is 11.7. The highest BCUT2D eigenvalue weighted by Gasteiger charge is 2.68. The molecule has 16 heavy (non-hydrogen) atoms. The van der Waals surface area contributed by atoms with Crippen molar-refractivity contribution in [3.8, 4) is 0 Å². The van der Waals surface area contributed by atoms with E-state index in [1.54, 1.807) is 0 Å². The maximum atomic E-state index is 11.1. The third-order valence-electron chi connectivity index (χ3n) is 6.48. The van der Waals surface area contributed by atoms with Gasteiger partial charge in [0.25, 0.3) is 0 Å². The van der Waals surface area contributed by atoms with Gasteiger partial charge < -0.3 is 5.11 Å². The van der Waals surface area contributed by atoms with E-state index in [9.17, 15) is 5.11 Å². The van der Waals surface area contributed by atoms with Crippen molar-refractivity contribution in [2.24, 2.45) is 35.0 Å². The van der Waals surface area contributed by atoms with Crippen LogP contribution in [-0.4, -0.2) is 10.7 Å². The van der Waals surface area contributed by atoms with Crippen LogP contribution in [0.5, 0.6) is 0 Å². The highest BCUT2D eigenvalue weighted by Crippen LogP contribution is 2.71. The van der Waals surface area contributed by atoms with Gasteiger partial charge in [-0.3, -0.25) is 0 Å². The first-order chi connectivity index (χ1) is 7.39. The summed E-state index contributed by atoms with van der Waals surface area (Å²) in [5, 5.41) is 11.1. The summed E-state index contributed by atoms with van der Waals surface area (Å²) in [6.45, 7) is 9.49. The van der Waals surface area contributed by atoms with Gasteiger partial charge in [0, 0.05) is 0 Å². The van der Waals surface area contributed by atoms with Gasteiger partial charge in [-0.1, -0.05) is 27.7 Å². The molecule has 1 heteroatoms. The molecule has 6 atom stereocenters. The highest BCUT2D eigenvalue weighted by atomic mass is 16.3. The summed E-state index contributed by atoms with van der Waals surface area (Å²) in [5.74, 6) is 3.55. The average Bonchev–Trinajstić information content (AvgIpc) is 2.64. The molecule has 0 spiro atoms. The summed E-state index contributed by atoms with van der Waals surface area (Å²) in [5.41, 5.74) is 0.185. The maximum Gasteiger partial charge on any atom is 0.0706 e. The Morgan fingerprint density at radius 3 is 2.38 bits per heavy atom. The van der Waals surface area contributed by atoms with Crippen LogP contribution in [0.25, 0.3) is 0 Å². The summed E-state index contributed by atoms with van der Waals surface area (Å²) in [4.78, 5) is 0. The molecule has 0 aliphatic heterocycles. The topological polar surface area (TPSA) is 20.2 Å². The second-order valence-electron chi connectivity index (χ2n) is 7.47. The second-order valence-corrected chi connectivity index (χ2v) is 7.47. The minimum atomic E-state index is -0.327. The first-order valence-electron chi connectivity index (χ1n) is 7.11. The Bertz CT molecular complexity index is 309. The van der Waals surface area contributed by atoms with Crippen molar-refractivity contribution in [3.63, 3.8) is 0 Å². The summed E-state index contributed by atoms with van der Waals surface area (Å²) >= 11 is 0. The van der Waals surface area contributed by atoms with Crippen LogP contribution in [-0.2, 0) is 0 Å². The minimum absolute atomic E-state index is 0.327. The van der Waals surface area contributed by atoms with Gasteiger partial charge >= 0.3 is 0 Å². The van der Waals surface area contributed by atoms with Crippen LogP contribution in [0.3, 0.4) is 0 Å². The van der Waals surface area contributed by atoms with E-state index in [0.717, 1.165) is 24.2 Å². The van der Waals surface area contributed by atoms with E-state index in [-0.39, 0.29) is 5.60 Å². The zero-order valence-corrected chi connectivity index (χ0v) is 11.2. The van der Waals surface area contributed by atoms with E-state index in [2.05, 4.69) is 27.7 Å². The van der Waals surface area contributed by atoms with Gasteiger partial charge in [0.15, 0.2) is 0 Å². The SMILES string of the molecule is C[C@H]1CC[C@@]2(O)[C@H]1[C@@H]1[C@H](CC[C@@H]2C)C1(C)C. The average molecular weight is 222 g/mol. The Morgan fingerprint density at radius 2 is 1.69 bits per heavy atom. The van der Waals surface area contributed by atoms with E-state index in [1.165, 1.54) is 19.3 Å². The quantitative estimate of drug-likeness (QED) is 0.665. The fourth-order valence-corrected chi connectivity index (χ4v) is 5.27. The fourth-order valence-electron chi connectivity index (χ4n) is 5.27. The summed E-state index contributed by atoms with van der Waals surface area (Å²) in [6, 6.07) is 0. The molecule has 3 aliphatic carbocycles. The standard InChI is InChI=1S/C15H26O/c1-9-7-8-15(16)10(2)5-6-11-13(12(9)15)14(11,3)4/h9-13,16H,5-8H2,1-4H3/t9-,10-,11-,12+,13-,15-/m0/s1.